The van der Waals surface area contributed by atoms with Crippen LogP contribution in [0.2, 0.25) is 5.02 Å². The molecule has 208 valence electrons. The number of esters is 1. The standard InChI is InChI=1S/C30H29ClN2O5S2/c1-3-38-30(37)27-22-13-4-17(2)14-23(22)40-29(27)33-26(35)16-24(28(33)36)39-21-11-9-20(10-12-21)32-25(34)15-18-5-7-19(31)8-6-18/h5-12,17,24H,3-4,13-16H2,1-2H3,(H,32,34)/t17-,24-/m1/s1. The SMILES string of the molecule is CCOC(=O)c1c(N2C(=O)C[C@@H](Sc3ccc(NC(=O)Cc4ccc(Cl)cc4)cc3)C2=O)sc2c1CC[C@@H](C)C2. The predicted octanol–water partition coefficient (Wildman–Crippen LogP) is 6.31. The molecular weight excluding hydrogens is 568 g/mol. The Morgan fingerprint density at radius 2 is 1.82 bits per heavy atom. The van der Waals surface area contributed by atoms with Crippen LogP contribution in [0.15, 0.2) is 53.4 Å². The largest absolute Gasteiger partial charge is 0.462 e. The molecule has 7 nitrogen and oxygen atoms in total. The first-order valence-electron chi connectivity index (χ1n) is 13.2. The average molecular weight is 597 g/mol. The zero-order valence-corrected chi connectivity index (χ0v) is 24.6. The summed E-state index contributed by atoms with van der Waals surface area (Å²) in [5.74, 6) is -0.791. The van der Waals surface area contributed by atoms with E-state index in [1.54, 1.807) is 31.2 Å². The van der Waals surface area contributed by atoms with Crippen LogP contribution in [0, 0.1) is 5.92 Å². The van der Waals surface area contributed by atoms with Crippen molar-refractivity contribution in [2.24, 2.45) is 5.92 Å². The summed E-state index contributed by atoms with van der Waals surface area (Å²) in [5.41, 5.74) is 2.79. The number of imide groups is 1. The molecule has 2 atom stereocenters. The number of rotatable bonds is 8. The topological polar surface area (TPSA) is 92.8 Å². The van der Waals surface area contributed by atoms with Gasteiger partial charge in [-0.25, -0.2) is 9.69 Å². The van der Waals surface area contributed by atoms with E-state index in [1.165, 1.54) is 28.0 Å². The van der Waals surface area contributed by atoms with Crippen LogP contribution in [0.5, 0.6) is 0 Å². The van der Waals surface area contributed by atoms with Gasteiger partial charge in [-0.2, -0.15) is 0 Å². The van der Waals surface area contributed by atoms with Crippen LogP contribution in [0.1, 0.15) is 53.1 Å². The third-order valence-corrected chi connectivity index (χ3v) is 9.66. The van der Waals surface area contributed by atoms with Crippen molar-refractivity contribution in [2.75, 3.05) is 16.8 Å². The number of thiophene rings is 1. The molecule has 0 bridgehead atoms. The van der Waals surface area contributed by atoms with Gasteiger partial charge in [0.1, 0.15) is 5.00 Å². The van der Waals surface area contributed by atoms with Gasteiger partial charge in [0, 0.05) is 26.9 Å². The number of thioether (sulfide) groups is 1. The normalized spacial score (nSPS) is 18.5. The van der Waals surface area contributed by atoms with Crippen LogP contribution in [0.25, 0.3) is 0 Å². The number of amides is 3. The molecule has 2 heterocycles. The minimum absolute atomic E-state index is 0.0459. The number of halogens is 1. The highest BCUT2D eigenvalue weighted by Gasteiger charge is 2.44. The summed E-state index contributed by atoms with van der Waals surface area (Å²) < 4.78 is 5.33. The van der Waals surface area contributed by atoms with Gasteiger partial charge >= 0.3 is 5.97 Å². The van der Waals surface area contributed by atoms with Gasteiger partial charge in [0.05, 0.1) is 23.8 Å². The number of ether oxygens (including phenoxy) is 1. The number of anilines is 2. The average Bonchev–Trinajstić information content (AvgIpc) is 3.41. The molecular formula is C30H29ClN2O5S2. The molecule has 3 amide bonds. The van der Waals surface area contributed by atoms with Gasteiger partial charge < -0.3 is 10.1 Å². The maximum absolute atomic E-state index is 13.5. The van der Waals surface area contributed by atoms with Crippen LogP contribution >= 0.6 is 34.7 Å². The fourth-order valence-corrected chi connectivity index (χ4v) is 7.69. The van der Waals surface area contributed by atoms with E-state index in [-0.39, 0.29) is 37.2 Å². The van der Waals surface area contributed by atoms with Gasteiger partial charge in [-0.15, -0.1) is 23.1 Å². The Bertz CT molecular complexity index is 1450. The van der Waals surface area contributed by atoms with Crippen LogP contribution in [-0.4, -0.2) is 35.5 Å². The number of nitrogens with zero attached hydrogens (tertiary/aromatic N) is 1. The number of hydrogen-bond acceptors (Lipinski definition) is 7. The lowest BCUT2D eigenvalue weighted by Gasteiger charge is -2.18. The number of carbonyl (C=O) groups excluding carboxylic acids is 4. The smallest absolute Gasteiger partial charge is 0.341 e. The highest BCUT2D eigenvalue weighted by atomic mass is 35.5. The monoisotopic (exact) mass is 596 g/mol. The maximum Gasteiger partial charge on any atom is 0.341 e. The van der Waals surface area contributed by atoms with E-state index in [1.807, 2.05) is 24.3 Å². The van der Waals surface area contributed by atoms with Crippen molar-refractivity contribution in [3.63, 3.8) is 0 Å². The van der Waals surface area contributed by atoms with Gasteiger partial charge in [-0.3, -0.25) is 14.4 Å². The molecule has 1 fully saturated rings. The Balaban J connectivity index is 1.27. The van der Waals surface area contributed by atoms with Crippen LogP contribution in [0.3, 0.4) is 0 Å². The second kappa shape index (κ2) is 12.2. The fraction of sp³-hybridized carbons (Fsp3) is 0.333. The maximum atomic E-state index is 13.5. The van der Waals surface area contributed by atoms with Crippen molar-refractivity contribution in [1.29, 1.82) is 0 Å². The summed E-state index contributed by atoms with van der Waals surface area (Å²) in [6.07, 6.45) is 2.78. The third kappa shape index (κ3) is 6.11. The van der Waals surface area contributed by atoms with E-state index in [0.717, 1.165) is 40.2 Å². The zero-order chi connectivity index (χ0) is 28.4. The molecule has 0 radical (unpaired) electrons. The van der Waals surface area contributed by atoms with Gasteiger partial charge in [0.2, 0.25) is 17.7 Å². The van der Waals surface area contributed by atoms with Gasteiger partial charge in [-0.05, 0) is 79.6 Å². The first-order chi connectivity index (χ1) is 19.2. The second-order valence-electron chi connectivity index (χ2n) is 10.0. The minimum Gasteiger partial charge on any atom is -0.462 e. The summed E-state index contributed by atoms with van der Waals surface area (Å²) in [6, 6.07) is 14.3. The van der Waals surface area contributed by atoms with Crippen molar-refractivity contribution in [3.05, 3.63) is 75.1 Å². The number of benzene rings is 2. The molecule has 10 heteroatoms. The van der Waals surface area contributed by atoms with Gasteiger partial charge in [-0.1, -0.05) is 30.7 Å². The molecule has 2 aromatic carbocycles. The molecule has 2 aliphatic rings. The third-order valence-electron chi connectivity index (χ3n) is 6.98. The molecule has 40 heavy (non-hydrogen) atoms. The molecule has 1 aliphatic carbocycles. The highest BCUT2D eigenvalue weighted by molar-refractivity contribution is 8.00. The molecule has 0 spiro atoms. The minimum atomic E-state index is -0.606. The Kier molecular flexibility index (Phi) is 8.63. The molecule has 0 unspecified atom stereocenters. The summed E-state index contributed by atoms with van der Waals surface area (Å²) in [7, 11) is 0. The lowest BCUT2D eigenvalue weighted by atomic mass is 9.88. The van der Waals surface area contributed by atoms with Crippen molar-refractivity contribution in [3.8, 4) is 0 Å². The number of nitrogens with one attached hydrogen (secondary N) is 1. The van der Waals surface area contributed by atoms with Crippen LogP contribution in [-0.2, 0) is 38.4 Å². The van der Waals surface area contributed by atoms with E-state index in [4.69, 9.17) is 16.3 Å². The Hall–Kier alpha value is -3.14. The van der Waals surface area contributed by atoms with Crippen LogP contribution < -0.4 is 10.2 Å². The number of carbonyl (C=O) groups is 4. The van der Waals surface area contributed by atoms with E-state index in [0.29, 0.717) is 27.2 Å². The van der Waals surface area contributed by atoms with Crippen molar-refractivity contribution in [2.45, 2.75) is 56.1 Å². The molecule has 1 saturated heterocycles. The molecule has 3 aromatic rings. The van der Waals surface area contributed by atoms with Crippen molar-refractivity contribution in [1.82, 2.24) is 0 Å². The lowest BCUT2D eigenvalue weighted by molar-refractivity contribution is -0.121. The molecule has 1 N–H and O–H groups in total. The first kappa shape index (κ1) is 28.4. The molecule has 5 rings (SSSR count). The summed E-state index contributed by atoms with van der Waals surface area (Å²) in [4.78, 5) is 55.1. The number of fused-ring (bicyclic) bond motifs is 1. The predicted molar refractivity (Wildman–Crippen MR) is 158 cm³/mol. The zero-order valence-electron chi connectivity index (χ0n) is 22.2. The van der Waals surface area contributed by atoms with E-state index in [9.17, 15) is 19.2 Å². The number of hydrogen-bond donors (Lipinski definition) is 1. The molecule has 1 aromatic heterocycles. The summed E-state index contributed by atoms with van der Waals surface area (Å²) >= 11 is 8.58. The molecule has 0 saturated carbocycles. The fourth-order valence-electron chi connectivity index (χ4n) is 4.99. The second-order valence-corrected chi connectivity index (χ2v) is 12.8. The van der Waals surface area contributed by atoms with Crippen molar-refractivity contribution < 1.29 is 23.9 Å². The Morgan fingerprint density at radius 3 is 2.52 bits per heavy atom. The highest BCUT2D eigenvalue weighted by Crippen LogP contribution is 2.45. The van der Waals surface area contributed by atoms with E-state index >= 15 is 0 Å². The quantitative estimate of drug-likeness (QED) is 0.242. The first-order valence-corrected chi connectivity index (χ1v) is 15.3. The Morgan fingerprint density at radius 1 is 1.10 bits per heavy atom. The van der Waals surface area contributed by atoms with Crippen LogP contribution in [0.4, 0.5) is 10.7 Å². The van der Waals surface area contributed by atoms with E-state index < -0.39 is 11.2 Å². The summed E-state index contributed by atoms with van der Waals surface area (Å²) in [5, 5.41) is 3.28. The van der Waals surface area contributed by atoms with Gasteiger partial charge in [0.25, 0.3) is 0 Å². The van der Waals surface area contributed by atoms with Gasteiger partial charge in [0.15, 0.2) is 0 Å². The van der Waals surface area contributed by atoms with Crippen molar-refractivity contribution >= 4 is 69.1 Å². The summed E-state index contributed by atoms with van der Waals surface area (Å²) in [6.45, 7) is 4.13. The lowest BCUT2D eigenvalue weighted by Crippen LogP contribution is -2.32. The van der Waals surface area contributed by atoms with E-state index in [2.05, 4.69) is 12.2 Å². The Labute approximate surface area is 246 Å². The molecule has 1 aliphatic heterocycles.